The molecule has 0 radical (unpaired) electrons. The highest BCUT2D eigenvalue weighted by Crippen LogP contribution is 2.45. The number of urea groups is 1. The number of rotatable bonds is 2. The number of aliphatic carboxylic acids is 1. The molecule has 1 aliphatic rings. The maximum atomic E-state index is 12.8. The number of amides is 2. The van der Waals surface area contributed by atoms with Crippen LogP contribution in [0.1, 0.15) is 20.3 Å². The predicted octanol–water partition coefficient (Wildman–Crippen LogP) is 1.44. The van der Waals surface area contributed by atoms with Gasteiger partial charge in [0.1, 0.15) is 0 Å². The first kappa shape index (κ1) is 14.6. The first-order chi connectivity index (χ1) is 8.10. The van der Waals surface area contributed by atoms with Gasteiger partial charge in [-0.1, -0.05) is 0 Å². The molecule has 0 aromatic carbocycles. The second-order valence-electron chi connectivity index (χ2n) is 4.66. The Morgan fingerprint density at radius 2 is 1.94 bits per heavy atom. The molecule has 1 fully saturated rings. The summed E-state index contributed by atoms with van der Waals surface area (Å²) in [6.07, 6.45) is -5.48. The quantitative estimate of drug-likeness (QED) is 0.796. The summed E-state index contributed by atoms with van der Waals surface area (Å²) in [6.45, 7) is 2.28. The van der Waals surface area contributed by atoms with E-state index in [0.717, 1.165) is 4.90 Å². The van der Waals surface area contributed by atoms with E-state index in [4.69, 9.17) is 5.11 Å². The third kappa shape index (κ3) is 2.51. The lowest BCUT2D eigenvalue weighted by Gasteiger charge is -2.27. The number of carboxylic acids is 1. The lowest BCUT2D eigenvalue weighted by molar-refractivity contribution is -0.226. The van der Waals surface area contributed by atoms with Gasteiger partial charge in [-0.3, -0.25) is 4.79 Å². The van der Waals surface area contributed by atoms with Crippen molar-refractivity contribution in [2.45, 2.75) is 32.5 Å². The molecule has 1 unspecified atom stereocenters. The van der Waals surface area contributed by atoms with Crippen molar-refractivity contribution in [3.63, 3.8) is 0 Å². The second kappa shape index (κ2) is 4.66. The van der Waals surface area contributed by atoms with Crippen LogP contribution in [0.4, 0.5) is 18.0 Å². The Morgan fingerprint density at radius 3 is 2.28 bits per heavy atom. The molecule has 5 nitrogen and oxygen atoms in total. The topological polar surface area (TPSA) is 69.6 Å². The fourth-order valence-corrected chi connectivity index (χ4v) is 1.85. The number of nitrogens with zero attached hydrogens (tertiary/aromatic N) is 1. The number of carbonyl (C=O) groups is 2. The number of carbonyl (C=O) groups excluding carboxylic acids is 1. The van der Waals surface area contributed by atoms with Crippen LogP contribution in [-0.4, -0.2) is 47.3 Å². The molecule has 0 aromatic heterocycles. The Labute approximate surface area is 102 Å². The van der Waals surface area contributed by atoms with Gasteiger partial charge in [-0.05, 0) is 20.3 Å². The van der Waals surface area contributed by atoms with E-state index in [2.05, 4.69) is 5.32 Å². The minimum absolute atomic E-state index is 0.218. The number of halogens is 3. The monoisotopic (exact) mass is 268 g/mol. The maximum Gasteiger partial charge on any atom is 0.406 e. The van der Waals surface area contributed by atoms with Crippen LogP contribution in [0, 0.1) is 5.41 Å². The van der Waals surface area contributed by atoms with Crippen molar-refractivity contribution in [1.82, 2.24) is 10.2 Å². The van der Waals surface area contributed by atoms with Gasteiger partial charge in [-0.15, -0.1) is 0 Å². The fourth-order valence-electron chi connectivity index (χ4n) is 1.85. The van der Waals surface area contributed by atoms with E-state index < -0.39 is 36.6 Å². The number of likely N-dealkylation sites (tertiary alicyclic amines) is 1. The van der Waals surface area contributed by atoms with Gasteiger partial charge in [0.25, 0.3) is 0 Å². The summed E-state index contributed by atoms with van der Waals surface area (Å²) in [7, 11) is 0. The normalized spacial score (nSPS) is 24.4. The summed E-state index contributed by atoms with van der Waals surface area (Å²) in [5, 5.41) is 11.2. The number of hydrogen-bond acceptors (Lipinski definition) is 2. The molecule has 0 bridgehead atoms. The Balaban J connectivity index is 2.85. The molecule has 1 aliphatic heterocycles. The van der Waals surface area contributed by atoms with Crippen LogP contribution in [0.3, 0.4) is 0 Å². The highest BCUT2D eigenvalue weighted by atomic mass is 19.4. The van der Waals surface area contributed by atoms with Gasteiger partial charge in [-0.2, -0.15) is 13.2 Å². The molecule has 1 rings (SSSR count). The van der Waals surface area contributed by atoms with Gasteiger partial charge in [0, 0.05) is 19.1 Å². The SMILES string of the molecule is CC(C)NC(=O)N1CCC(C(=O)O)(C(F)(F)F)C1. The summed E-state index contributed by atoms with van der Waals surface area (Å²) in [5.41, 5.74) is -2.85. The zero-order valence-electron chi connectivity index (χ0n) is 10.0. The van der Waals surface area contributed by atoms with Crippen molar-refractivity contribution in [1.29, 1.82) is 0 Å². The molecule has 1 saturated heterocycles. The highest BCUT2D eigenvalue weighted by Gasteiger charge is 2.64. The van der Waals surface area contributed by atoms with E-state index in [1.807, 2.05) is 0 Å². The second-order valence-corrected chi connectivity index (χ2v) is 4.66. The molecule has 18 heavy (non-hydrogen) atoms. The molecule has 8 heteroatoms. The predicted molar refractivity (Wildman–Crippen MR) is 56.0 cm³/mol. The minimum atomic E-state index is -4.87. The molecule has 1 atom stereocenters. The van der Waals surface area contributed by atoms with Crippen molar-refractivity contribution in [2.75, 3.05) is 13.1 Å². The van der Waals surface area contributed by atoms with Crippen LogP contribution in [0.15, 0.2) is 0 Å². The van der Waals surface area contributed by atoms with Crippen LogP contribution in [0.2, 0.25) is 0 Å². The summed E-state index contributed by atoms with van der Waals surface area (Å²) in [6, 6.07) is -0.888. The molecule has 0 aliphatic carbocycles. The van der Waals surface area contributed by atoms with Crippen LogP contribution < -0.4 is 5.32 Å². The van der Waals surface area contributed by atoms with Crippen LogP contribution in [0.25, 0.3) is 0 Å². The first-order valence-corrected chi connectivity index (χ1v) is 5.46. The molecular weight excluding hydrogens is 253 g/mol. The zero-order valence-corrected chi connectivity index (χ0v) is 10.0. The lowest BCUT2D eigenvalue weighted by Crippen LogP contribution is -2.49. The Hall–Kier alpha value is -1.47. The third-order valence-corrected chi connectivity index (χ3v) is 2.92. The maximum absolute atomic E-state index is 12.8. The molecular formula is C10H15F3N2O3. The largest absolute Gasteiger partial charge is 0.481 e. The zero-order chi connectivity index (χ0) is 14.1. The number of carboxylic acid groups (broad SMARTS) is 1. The number of alkyl halides is 3. The molecule has 0 spiro atoms. The van der Waals surface area contributed by atoms with Crippen molar-refractivity contribution in [3.8, 4) is 0 Å². The van der Waals surface area contributed by atoms with Gasteiger partial charge in [-0.25, -0.2) is 4.79 Å². The average Bonchev–Trinajstić information content (AvgIpc) is 2.60. The molecule has 2 amide bonds. The van der Waals surface area contributed by atoms with Crippen molar-refractivity contribution in [3.05, 3.63) is 0 Å². The van der Waals surface area contributed by atoms with Crippen molar-refractivity contribution >= 4 is 12.0 Å². The third-order valence-electron chi connectivity index (χ3n) is 2.92. The Bertz CT molecular complexity index is 357. The number of hydrogen-bond donors (Lipinski definition) is 2. The smallest absolute Gasteiger partial charge is 0.406 e. The highest BCUT2D eigenvalue weighted by molar-refractivity contribution is 5.80. The van der Waals surface area contributed by atoms with E-state index in [1.54, 1.807) is 13.8 Å². The van der Waals surface area contributed by atoms with Crippen molar-refractivity contribution in [2.24, 2.45) is 5.41 Å². The van der Waals surface area contributed by atoms with Gasteiger partial charge < -0.3 is 15.3 Å². The summed E-state index contributed by atoms with van der Waals surface area (Å²) in [4.78, 5) is 23.3. The minimum Gasteiger partial charge on any atom is -0.481 e. The Kier molecular flexibility index (Phi) is 3.78. The Morgan fingerprint density at radius 1 is 1.39 bits per heavy atom. The van der Waals surface area contributed by atoms with Gasteiger partial charge >= 0.3 is 18.2 Å². The van der Waals surface area contributed by atoms with Crippen LogP contribution in [0.5, 0.6) is 0 Å². The molecule has 0 saturated carbocycles. The first-order valence-electron chi connectivity index (χ1n) is 5.46. The average molecular weight is 268 g/mol. The van der Waals surface area contributed by atoms with E-state index in [1.165, 1.54) is 0 Å². The van der Waals surface area contributed by atoms with Crippen LogP contribution in [-0.2, 0) is 4.79 Å². The van der Waals surface area contributed by atoms with Gasteiger partial charge in [0.15, 0.2) is 5.41 Å². The summed E-state index contributed by atoms with van der Waals surface area (Å²) in [5.74, 6) is -1.94. The van der Waals surface area contributed by atoms with E-state index in [-0.39, 0.29) is 12.6 Å². The van der Waals surface area contributed by atoms with Gasteiger partial charge in [0.2, 0.25) is 0 Å². The van der Waals surface area contributed by atoms with E-state index in [0.29, 0.717) is 0 Å². The summed E-state index contributed by atoms with van der Waals surface area (Å²) < 4.78 is 38.5. The standard InChI is InChI=1S/C10H15F3N2O3/c1-6(2)14-8(18)15-4-3-9(5-15,7(16)17)10(11,12)13/h6H,3-5H2,1-2H3,(H,14,18)(H,16,17). The molecule has 2 N–H and O–H groups in total. The fraction of sp³-hybridized carbons (Fsp3) is 0.800. The van der Waals surface area contributed by atoms with E-state index >= 15 is 0 Å². The number of nitrogens with one attached hydrogen (secondary N) is 1. The van der Waals surface area contributed by atoms with Crippen molar-refractivity contribution < 1.29 is 27.9 Å². The van der Waals surface area contributed by atoms with Crippen LogP contribution >= 0.6 is 0 Å². The molecule has 1 heterocycles. The van der Waals surface area contributed by atoms with E-state index in [9.17, 15) is 22.8 Å². The molecule has 104 valence electrons. The molecule has 0 aromatic rings. The lowest BCUT2D eigenvalue weighted by atomic mass is 9.86. The van der Waals surface area contributed by atoms with Gasteiger partial charge in [0.05, 0.1) is 0 Å². The summed E-state index contributed by atoms with van der Waals surface area (Å²) >= 11 is 0.